The van der Waals surface area contributed by atoms with Crippen LogP contribution < -0.4 is 10.2 Å². The normalized spacial score (nSPS) is 11.8. The van der Waals surface area contributed by atoms with E-state index in [0.29, 0.717) is 5.56 Å². The van der Waals surface area contributed by atoms with E-state index in [1.807, 2.05) is 31.2 Å². The highest BCUT2D eigenvalue weighted by Crippen LogP contribution is 2.15. The number of carbonyl (C=O) groups is 1. The molecule has 0 saturated heterocycles. The number of amides is 1. The highest BCUT2D eigenvalue weighted by atomic mass is 16.1. The van der Waals surface area contributed by atoms with E-state index in [1.165, 1.54) is 6.42 Å². The van der Waals surface area contributed by atoms with Crippen LogP contribution in [0.2, 0.25) is 0 Å². The molecular weight excluding hydrogens is 288 g/mol. The summed E-state index contributed by atoms with van der Waals surface area (Å²) in [5.41, 5.74) is 2.52. The Hall–Kier alpha value is -2.43. The summed E-state index contributed by atoms with van der Waals surface area (Å²) < 4.78 is 0. The zero-order valence-electron chi connectivity index (χ0n) is 14.0. The average molecular weight is 312 g/mol. The van der Waals surface area contributed by atoms with Crippen LogP contribution in [0.25, 0.3) is 0 Å². The van der Waals surface area contributed by atoms with Crippen LogP contribution >= 0.6 is 0 Å². The number of carbonyl (C=O) groups excluding carboxylic acids is 1. The Morgan fingerprint density at radius 3 is 2.61 bits per heavy atom. The van der Waals surface area contributed by atoms with Crippen LogP contribution in [0.1, 0.15) is 48.8 Å². The molecule has 2 rings (SSSR count). The first-order valence-corrected chi connectivity index (χ1v) is 7.99. The highest BCUT2D eigenvalue weighted by molar-refractivity contribution is 5.94. The van der Waals surface area contributed by atoms with Gasteiger partial charge in [-0.25, -0.2) is 0 Å². The fourth-order valence-electron chi connectivity index (χ4n) is 2.28. The molecule has 0 aliphatic carbocycles. The van der Waals surface area contributed by atoms with Crippen molar-refractivity contribution < 1.29 is 4.79 Å². The summed E-state index contributed by atoms with van der Waals surface area (Å²) in [5.74, 6) is -0.106. The van der Waals surface area contributed by atoms with Gasteiger partial charge in [-0.05, 0) is 37.6 Å². The fourth-order valence-corrected chi connectivity index (χ4v) is 2.28. The van der Waals surface area contributed by atoms with E-state index in [9.17, 15) is 4.79 Å². The molecule has 1 N–H and O–H groups in total. The summed E-state index contributed by atoms with van der Waals surface area (Å²) in [7, 11) is 2.07. The van der Waals surface area contributed by atoms with E-state index < -0.39 is 0 Å². The predicted octanol–water partition coefficient (Wildman–Crippen LogP) is 3.20. The van der Waals surface area contributed by atoms with E-state index >= 15 is 0 Å². The van der Waals surface area contributed by atoms with Gasteiger partial charge in [-0.3, -0.25) is 14.8 Å². The number of rotatable bonds is 7. The summed E-state index contributed by atoms with van der Waals surface area (Å²) in [4.78, 5) is 22.7. The SMILES string of the molecule is CCCCN(C)c1ccc(C(=O)N[C@@H](C)c2cnccn2)cc1. The lowest BCUT2D eigenvalue weighted by atomic mass is 10.1. The van der Waals surface area contributed by atoms with Crippen molar-refractivity contribution >= 4 is 11.6 Å². The number of nitrogens with one attached hydrogen (secondary N) is 1. The molecule has 1 amide bonds. The summed E-state index contributed by atoms with van der Waals surface area (Å²) in [6.07, 6.45) is 7.24. The highest BCUT2D eigenvalue weighted by Gasteiger charge is 2.12. The number of hydrogen-bond donors (Lipinski definition) is 1. The number of aromatic nitrogens is 2. The van der Waals surface area contributed by atoms with E-state index in [2.05, 4.69) is 34.2 Å². The second-order valence-corrected chi connectivity index (χ2v) is 5.65. The molecule has 23 heavy (non-hydrogen) atoms. The molecule has 122 valence electrons. The first kappa shape index (κ1) is 16.9. The smallest absolute Gasteiger partial charge is 0.251 e. The molecule has 1 heterocycles. The topological polar surface area (TPSA) is 58.1 Å². The number of nitrogens with zero attached hydrogens (tertiary/aromatic N) is 3. The van der Waals surface area contributed by atoms with Gasteiger partial charge in [0.05, 0.1) is 17.9 Å². The minimum Gasteiger partial charge on any atom is -0.375 e. The average Bonchev–Trinajstić information content (AvgIpc) is 2.60. The third-order valence-corrected chi connectivity index (χ3v) is 3.79. The Labute approximate surface area is 137 Å². The molecule has 0 fully saturated rings. The third kappa shape index (κ3) is 4.77. The van der Waals surface area contributed by atoms with Crippen molar-refractivity contribution in [2.45, 2.75) is 32.7 Å². The van der Waals surface area contributed by atoms with Crippen molar-refractivity contribution in [3.63, 3.8) is 0 Å². The zero-order valence-corrected chi connectivity index (χ0v) is 14.0. The van der Waals surface area contributed by atoms with Crippen molar-refractivity contribution in [1.82, 2.24) is 15.3 Å². The molecule has 0 unspecified atom stereocenters. The predicted molar refractivity (Wildman–Crippen MR) is 92.5 cm³/mol. The van der Waals surface area contributed by atoms with Gasteiger partial charge in [-0.1, -0.05) is 13.3 Å². The van der Waals surface area contributed by atoms with Crippen LogP contribution in [0.15, 0.2) is 42.9 Å². The van der Waals surface area contributed by atoms with Crippen molar-refractivity contribution in [3.8, 4) is 0 Å². The van der Waals surface area contributed by atoms with Gasteiger partial charge in [0.1, 0.15) is 0 Å². The number of benzene rings is 1. The van der Waals surface area contributed by atoms with Gasteiger partial charge in [-0.2, -0.15) is 0 Å². The molecule has 0 aliphatic rings. The molecule has 0 radical (unpaired) electrons. The Morgan fingerprint density at radius 2 is 2.00 bits per heavy atom. The van der Waals surface area contributed by atoms with Crippen LogP contribution in [-0.2, 0) is 0 Å². The maximum atomic E-state index is 12.3. The summed E-state index contributed by atoms with van der Waals surface area (Å²) in [5, 5.41) is 2.94. The van der Waals surface area contributed by atoms with Crippen molar-refractivity contribution in [2.24, 2.45) is 0 Å². The molecule has 5 heteroatoms. The second-order valence-electron chi connectivity index (χ2n) is 5.65. The van der Waals surface area contributed by atoms with Gasteiger partial charge < -0.3 is 10.2 Å². The molecule has 1 aromatic carbocycles. The molecule has 5 nitrogen and oxygen atoms in total. The Morgan fingerprint density at radius 1 is 1.26 bits per heavy atom. The van der Waals surface area contributed by atoms with Crippen LogP contribution in [0.4, 0.5) is 5.69 Å². The third-order valence-electron chi connectivity index (χ3n) is 3.79. The van der Waals surface area contributed by atoms with Gasteiger partial charge in [0.2, 0.25) is 0 Å². The molecule has 0 spiro atoms. The van der Waals surface area contributed by atoms with Gasteiger partial charge in [-0.15, -0.1) is 0 Å². The molecule has 0 saturated carbocycles. The van der Waals surface area contributed by atoms with Crippen molar-refractivity contribution in [2.75, 3.05) is 18.5 Å². The van der Waals surface area contributed by atoms with E-state index in [-0.39, 0.29) is 11.9 Å². The number of unbranched alkanes of at least 4 members (excludes halogenated alkanes) is 1. The van der Waals surface area contributed by atoms with Crippen LogP contribution in [0.5, 0.6) is 0 Å². The monoisotopic (exact) mass is 312 g/mol. The first-order chi connectivity index (χ1) is 11.1. The maximum absolute atomic E-state index is 12.3. The van der Waals surface area contributed by atoms with Crippen molar-refractivity contribution in [3.05, 3.63) is 54.1 Å². The quantitative estimate of drug-likeness (QED) is 0.853. The van der Waals surface area contributed by atoms with E-state index in [0.717, 1.165) is 24.3 Å². The summed E-state index contributed by atoms with van der Waals surface area (Å²) in [6.45, 7) is 5.10. The largest absolute Gasteiger partial charge is 0.375 e. The molecular formula is C18H24N4O. The summed E-state index contributed by atoms with van der Waals surface area (Å²) in [6, 6.07) is 7.50. The molecule has 0 bridgehead atoms. The fraction of sp³-hybridized carbons (Fsp3) is 0.389. The Balaban J connectivity index is 1.97. The van der Waals surface area contributed by atoms with Gasteiger partial charge >= 0.3 is 0 Å². The van der Waals surface area contributed by atoms with Crippen LogP contribution in [-0.4, -0.2) is 29.5 Å². The van der Waals surface area contributed by atoms with E-state index in [4.69, 9.17) is 0 Å². The Kier molecular flexibility index (Phi) is 6.09. The number of anilines is 1. The standard InChI is InChI=1S/C18H24N4O/c1-4-5-12-22(3)16-8-6-15(7-9-16)18(23)21-14(2)17-13-19-10-11-20-17/h6-11,13-14H,4-5,12H2,1-3H3,(H,21,23)/t14-/m0/s1. The van der Waals surface area contributed by atoms with Gasteiger partial charge in [0, 0.05) is 37.2 Å². The maximum Gasteiger partial charge on any atom is 0.251 e. The zero-order chi connectivity index (χ0) is 16.7. The van der Waals surface area contributed by atoms with Crippen LogP contribution in [0.3, 0.4) is 0 Å². The van der Waals surface area contributed by atoms with Crippen molar-refractivity contribution in [1.29, 1.82) is 0 Å². The molecule has 1 aromatic heterocycles. The molecule has 1 atom stereocenters. The minimum absolute atomic E-state index is 0.106. The lowest BCUT2D eigenvalue weighted by molar-refractivity contribution is 0.0939. The van der Waals surface area contributed by atoms with Gasteiger partial charge in [0.25, 0.3) is 5.91 Å². The van der Waals surface area contributed by atoms with Gasteiger partial charge in [0.15, 0.2) is 0 Å². The molecule has 2 aromatic rings. The van der Waals surface area contributed by atoms with E-state index in [1.54, 1.807) is 18.6 Å². The lowest BCUT2D eigenvalue weighted by Gasteiger charge is -2.19. The first-order valence-electron chi connectivity index (χ1n) is 7.99. The molecule has 0 aliphatic heterocycles. The second kappa shape index (κ2) is 8.27. The number of hydrogen-bond acceptors (Lipinski definition) is 4. The summed E-state index contributed by atoms with van der Waals surface area (Å²) >= 11 is 0. The van der Waals surface area contributed by atoms with Crippen LogP contribution in [0, 0.1) is 0 Å². The minimum atomic E-state index is -0.178. The lowest BCUT2D eigenvalue weighted by Crippen LogP contribution is -2.27. The Bertz CT molecular complexity index is 613.